The minimum Gasteiger partial charge on any atom is -0.465 e. The monoisotopic (exact) mass is 500 g/mol. The Balaban J connectivity index is 1.49. The van der Waals surface area contributed by atoms with Gasteiger partial charge in [0.15, 0.2) is 0 Å². The number of carboxylic acid groups (broad SMARTS) is 1. The highest BCUT2D eigenvalue weighted by molar-refractivity contribution is 6.42. The maximum atomic E-state index is 12.9. The van der Waals surface area contributed by atoms with E-state index in [1.807, 2.05) is 39.0 Å². The number of hydrogen-bond donors (Lipinski definition) is 2. The largest absolute Gasteiger partial charge is 0.465 e. The molecule has 1 aliphatic rings. The molecule has 2 aromatic carbocycles. The van der Waals surface area contributed by atoms with Gasteiger partial charge in [-0.3, -0.25) is 9.48 Å². The number of halogens is 2. The number of benzene rings is 2. The van der Waals surface area contributed by atoms with Gasteiger partial charge in [0.05, 0.1) is 34.5 Å². The van der Waals surface area contributed by atoms with Crippen LogP contribution < -0.4 is 5.32 Å². The van der Waals surface area contributed by atoms with E-state index in [4.69, 9.17) is 23.2 Å². The highest BCUT2D eigenvalue weighted by Gasteiger charge is 2.38. The van der Waals surface area contributed by atoms with Crippen LogP contribution in [0.5, 0.6) is 0 Å². The molecule has 178 valence electrons. The average molecular weight is 501 g/mol. The topological polar surface area (TPSA) is 87.5 Å². The first-order valence-corrected chi connectivity index (χ1v) is 11.7. The fourth-order valence-corrected chi connectivity index (χ4v) is 4.77. The summed E-state index contributed by atoms with van der Waals surface area (Å²) in [5.41, 5.74) is 3.71. The molecule has 0 aliphatic carbocycles. The zero-order valence-electron chi connectivity index (χ0n) is 19.2. The third kappa shape index (κ3) is 5.05. The van der Waals surface area contributed by atoms with Crippen molar-refractivity contribution in [3.63, 3.8) is 0 Å². The van der Waals surface area contributed by atoms with Gasteiger partial charge in [0.1, 0.15) is 0 Å². The van der Waals surface area contributed by atoms with Gasteiger partial charge in [-0.25, -0.2) is 4.79 Å². The predicted molar refractivity (Wildman–Crippen MR) is 133 cm³/mol. The van der Waals surface area contributed by atoms with Crippen LogP contribution in [0.3, 0.4) is 0 Å². The maximum Gasteiger partial charge on any atom is 0.407 e. The van der Waals surface area contributed by atoms with Crippen LogP contribution in [-0.2, 0) is 13.0 Å². The highest BCUT2D eigenvalue weighted by atomic mass is 35.5. The van der Waals surface area contributed by atoms with Crippen molar-refractivity contribution in [2.45, 2.75) is 39.8 Å². The summed E-state index contributed by atoms with van der Waals surface area (Å²) in [6, 6.07) is 10.6. The molecule has 4 rings (SSSR count). The summed E-state index contributed by atoms with van der Waals surface area (Å²) in [4.78, 5) is 26.2. The summed E-state index contributed by atoms with van der Waals surface area (Å²) in [5.74, 6) is -0.245. The van der Waals surface area contributed by atoms with E-state index in [9.17, 15) is 14.7 Å². The zero-order chi connectivity index (χ0) is 24.6. The number of carbonyl (C=O) groups excluding carboxylic acids is 1. The fraction of sp³-hybridized carbons (Fsp3) is 0.320. The first-order chi connectivity index (χ1) is 16.0. The number of hydrogen-bond acceptors (Lipinski definition) is 3. The molecular formula is C25H26Cl2N4O3. The second kappa shape index (κ2) is 9.31. The summed E-state index contributed by atoms with van der Waals surface area (Å²) in [6.45, 7) is 6.97. The number of aromatic nitrogens is 2. The van der Waals surface area contributed by atoms with E-state index in [0.29, 0.717) is 40.8 Å². The predicted octanol–water partition coefficient (Wildman–Crippen LogP) is 6.11. The van der Waals surface area contributed by atoms with Crippen molar-refractivity contribution in [1.82, 2.24) is 14.7 Å². The second-order valence-electron chi connectivity index (χ2n) is 9.54. The summed E-state index contributed by atoms with van der Waals surface area (Å²) in [5, 5.41) is 17.8. The summed E-state index contributed by atoms with van der Waals surface area (Å²) in [7, 11) is 0. The molecule has 0 bridgehead atoms. The van der Waals surface area contributed by atoms with Crippen LogP contribution in [0.2, 0.25) is 10.0 Å². The Hall–Kier alpha value is -3.03. The Labute approximate surface area is 208 Å². The second-order valence-corrected chi connectivity index (χ2v) is 10.4. The van der Waals surface area contributed by atoms with Crippen molar-refractivity contribution in [1.29, 1.82) is 0 Å². The van der Waals surface area contributed by atoms with Crippen molar-refractivity contribution in [2.24, 2.45) is 5.41 Å². The molecule has 2 heterocycles. The van der Waals surface area contributed by atoms with Crippen LogP contribution in [0.4, 0.5) is 10.5 Å². The first-order valence-electron chi connectivity index (χ1n) is 10.9. The Kier molecular flexibility index (Phi) is 6.60. The van der Waals surface area contributed by atoms with Gasteiger partial charge in [0.2, 0.25) is 0 Å². The van der Waals surface area contributed by atoms with E-state index in [0.717, 1.165) is 16.7 Å². The molecule has 0 radical (unpaired) electrons. The van der Waals surface area contributed by atoms with Gasteiger partial charge < -0.3 is 15.3 Å². The smallest absolute Gasteiger partial charge is 0.407 e. The molecule has 0 fully saturated rings. The van der Waals surface area contributed by atoms with Crippen molar-refractivity contribution >= 4 is 40.9 Å². The van der Waals surface area contributed by atoms with Crippen molar-refractivity contribution < 1.29 is 14.7 Å². The van der Waals surface area contributed by atoms with E-state index in [-0.39, 0.29) is 17.4 Å². The minimum atomic E-state index is -0.926. The molecule has 1 aliphatic heterocycles. The molecule has 1 unspecified atom stereocenters. The van der Waals surface area contributed by atoms with Crippen molar-refractivity contribution in [3.05, 3.63) is 81.1 Å². The van der Waals surface area contributed by atoms with E-state index >= 15 is 0 Å². The Bertz CT molecular complexity index is 1250. The van der Waals surface area contributed by atoms with Crippen LogP contribution >= 0.6 is 23.2 Å². The van der Waals surface area contributed by atoms with Crippen LogP contribution in [0.25, 0.3) is 0 Å². The number of fused-ring (bicyclic) bond motifs is 1. The van der Waals surface area contributed by atoms with Crippen molar-refractivity contribution in [3.8, 4) is 0 Å². The quantitative estimate of drug-likeness (QED) is 0.451. The number of rotatable bonds is 4. The number of anilines is 1. The van der Waals surface area contributed by atoms with Gasteiger partial charge >= 0.3 is 6.09 Å². The number of amides is 2. The van der Waals surface area contributed by atoms with Gasteiger partial charge in [-0.1, -0.05) is 56.1 Å². The van der Waals surface area contributed by atoms with Gasteiger partial charge in [0, 0.05) is 18.3 Å². The SMILES string of the molecule is CC(C)(C)C1c2ccc(C(=O)Nc3cnn(Cc4ccc(Cl)c(Cl)c4)c3)cc2CCN1C(=O)O. The van der Waals surface area contributed by atoms with E-state index in [2.05, 4.69) is 10.4 Å². The Morgan fingerprint density at radius 1 is 1.15 bits per heavy atom. The maximum absolute atomic E-state index is 12.9. The normalized spacial score (nSPS) is 15.7. The Morgan fingerprint density at radius 3 is 2.59 bits per heavy atom. The minimum absolute atomic E-state index is 0.245. The summed E-state index contributed by atoms with van der Waals surface area (Å²) >= 11 is 12.0. The molecule has 2 amide bonds. The summed E-state index contributed by atoms with van der Waals surface area (Å²) < 4.78 is 1.70. The van der Waals surface area contributed by atoms with E-state index < -0.39 is 6.09 Å². The molecule has 2 N–H and O–H groups in total. The van der Waals surface area contributed by atoms with Crippen LogP contribution in [0, 0.1) is 5.41 Å². The molecule has 9 heteroatoms. The van der Waals surface area contributed by atoms with E-state index in [1.165, 1.54) is 4.90 Å². The highest BCUT2D eigenvalue weighted by Crippen LogP contribution is 2.42. The zero-order valence-corrected chi connectivity index (χ0v) is 20.7. The lowest BCUT2D eigenvalue weighted by Crippen LogP contribution is -2.44. The van der Waals surface area contributed by atoms with Gasteiger partial charge in [-0.15, -0.1) is 0 Å². The van der Waals surface area contributed by atoms with Crippen molar-refractivity contribution in [2.75, 3.05) is 11.9 Å². The molecule has 0 saturated heterocycles. The standard InChI is InChI=1S/C25H26Cl2N4O3/c1-25(2,3)22-19-6-5-17(11-16(19)8-9-31(22)24(33)34)23(32)29-18-12-28-30(14-18)13-15-4-7-20(26)21(27)10-15/h4-7,10-12,14,22H,8-9,13H2,1-3H3,(H,29,32)(H,33,34). The van der Waals surface area contributed by atoms with Gasteiger partial charge in [-0.05, 0) is 52.8 Å². The molecule has 1 atom stereocenters. The number of nitrogens with one attached hydrogen (secondary N) is 1. The lowest BCUT2D eigenvalue weighted by molar-refractivity contribution is 0.0758. The van der Waals surface area contributed by atoms with Crippen LogP contribution in [0.15, 0.2) is 48.8 Å². The molecule has 3 aromatic rings. The molecular weight excluding hydrogens is 475 g/mol. The van der Waals surface area contributed by atoms with Gasteiger partial charge in [0.25, 0.3) is 5.91 Å². The molecule has 0 spiro atoms. The average Bonchev–Trinajstić information content (AvgIpc) is 3.20. The Morgan fingerprint density at radius 2 is 1.91 bits per heavy atom. The first kappa shape index (κ1) is 24.1. The molecule has 34 heavy (non-hydrogen) atoms. The van der Waals surface area contributed by atoms with Gasteiger partial charge in [-0.2, -0.15) is 5.10 Å². The fourth-order valence-electron chi connectivity index (χ4n) is 4.45. The number of carbonyl (C=O) groups is 2. The third-order valence-electron chi connectivity index (χ3n) is 5.92. The lowest BCUT2D eigenvalue weighted by atomic mass is 9.77. The number of nitrogens with zero attached hydrogens (tertiary/aromatic N) is 3. The third-order valence-corrected chi connectivity index (χ3v) is 6.66. The van der Waals surface area contributed by atoms with E-state index in [1.54, 1.807) is 35.3 Å². The molecule has 1 aromatic heterocycles. The van der Waals surface area contributed by atoms with Crippen LogP contribution in [-0.4, -0.2) is 38.3 Å². The molecule has 0 saturated carbocycles. The summed E-state index contributed by atoms with van der Waals surface area (Å²) in [6.07, 6.45) is 2.98. The van der Waals surface area contributed by atoms with Crippen LogP contribution in [0.1, 0.15) is 53.9 Å². The molecule has 7 nitrogen and oxygen atoms in total. The lowest BCUT2D eigenvalue weighted by Gasteiger charge is -2.43.